The number of benzene rings is 1. The zero-order chi connectivity index (χ0) is 21.0. The van der Waals surface area contributed by atoms with Gasteiger partial charge in [0.1, 0.15) is 0 Å². The number of esters is 1. The summed E-state index contributed by atoms with van der Waals surface area (Å²) in [6.07, 6.45) is 4.04. The number of carbonyl (C=O) groups excluding carboxylic acids is 2. The number of sulfonamides is 1. The molecule has 0 saturated carbocycles. The molecule has 2 heterocycles. The van der Waals surface area contributed by atoms with Gasteiger partial charge in [0.25, 0.3) is 5.91 Å². The van der Waals surface area contributed by atoms with Crippen molar-refractivity contribution in [2.45, 2.75) is 43.9 Å². The van der Waals surface area contributed by atoms with Crippen LogP contribution < -0.4 is 0 Å². The quantitative estimate of drug-likeness (QED) is 0.654. The molecule has 0 N–H and O–H groups in total. The van der Waals surface area contributed by atoms with Crippen molar-refractivity contribution < 1.29 is 22.7 Å². The Kier molecular flexibility index (Phi) is 7.19. The second-order valence-corrected chi connectivity index (χ2v) is 9.79. The molecule has 2 aliphatic rings. The van der Waals surface area contributed by atoms with Crippen molar-refractivity contribution in [2.75, 3.05) is 32.8 Å². The summed E-state index contributed by atoms with van der Waals surface area (Å²) in [5.74, 6) is -1.04. The molecule has 0 radical (unpaired) electrons. The molecule has 0 spiro atoms. The normalized spacial score (nSPS) is 21.0. The lowest BCUT2D eigenvalue weighted by molar-refractivity contribution is -0.149. The highest BCUT2D eigenvalue weighted by atomic mass is 35.5. The predicted molar refractivity (Wildman–Crippen MR) is 109 cm³/mol. The Morgan fingerprint density at radius 1 is 1.14 bits per heavy atom. The van der Waals surface area contributed by atoms with E-state index in [9.17, 15) is 18.0 Å². The zero-order valence-electron chi connectivity index (χ0n) is 16.6. The van der Waals surface area contributed by atoms with Crippen LogP contribution in [0.2, 0.25) is 5.02 Å². The molecular formula is C20H27ClN2O5S. The maximum atomic E-state index is 13.1. The van der Waals surface area contributed by atoms with Gasteiger partial charge in [-0.3, -0.25) is 9.59 Å². The standard InChI is InChI=1S/C20H27ClN2O5S/c1-2-28-20(25)15-7-6-10-22(14-15)19(24)17-13-16(8-9-18(17)21)29(26,27)23-11-4-3-5-12-23/h8-9,13,15H,2-7,10-12,14H2,1H3/t15-/m1/s1. The van der Waals surface area contributed by atoms with Crippen molar-refractivity contribution in [3.63, 3.8) is 0 Å². The van der Waals surface area contributed by atoms with Crippen LogP contribution in [0, 0.1) is 5.92 Å². The first-order chi connectivity index (χ1) is 13.8. The minimum absolute atomic E-state index is 0.0751. The van der Waals surface area contributed by atoms with Gasteiger partial charge in [-0.05, 0) is 50.8 Å². The summed E-state index contributed by atoms with van der Waals surface area (Å²) in [5, 5.41) is 0.200. The molecule has 2 aliphatic heterocycles. The van der Waals surface area contributed by atoms with E-state index in [0.717, 1.165) is 19.3 Å². The lowest BCUT2D eigenvalue weighted by Gasteiger charge is -2.32. The summed E-state index contributed by atoms with van der Waals surface area (Å²) in [5.41, 5.74) is 0.147. The number of nitrogens with zero attached hydrogens (tertiary/aromatic N) is 2. The van der Waals surface area contributed by atoms with E-state index in [-0.39, 0.29) is 39.8 Å². The van der Waals surface area contributed by atoms with Gasteiger partial charge in [-0.2, -0.15) is 4.31 Å². The van der Waals surface area contributed by atoms with E-state index in [2.05, 4.69) is 0 Å². The van der Waals surface area contributed by atoms with E-state index in [1.165, 1.54) is 22.5 Å². The van der Waals surface area contributed by atoms with Gasteiger partial charge in [-0.1, -0.05) is 18.0 Å². The van der Waals surface area contributed by atoms with Crippen LogP contribution in [0.5, 0.6) is 0 Å². The second-order valence-electron chi connectivity index (χ2n) is 7.45. The monoisotopic (exact) mass is 442 g/mol. The number of amides is 1. The molecule has 0 unspecified atom stereocenters. The van der Waals surface area contributed by atoms with E-state index in [1.54, 1.807) is 11.8 Å². The van der Waals surface area contributed by atoms with E-state index < -0.39 is 10.0 Å². The third-order valence-electron chi connectivity index (χ3n) is 5.45. The fraction of sp³-hybridized carbons (Fsp3) is 0.600. The number of likely N-dealkylation sites (tertiary alicyclic amines) is 1. The van der Waals surface area contributed by atoms with Gasteiger partial charge in [-0.25, -0.2) is 8.42 Å². The summed E-state index contributed by atoms with van der Waals surface area (Å²) in [6.45, 7) is 3.76. The van der Waals surface area contributed by atoms with Crippen LogP contribution in [0.1, 0.15) is 49.4 Å². The summed E-state index contributed by atoms with van der Waals surface area (Å²) < 4.78 is 32.5. The summed E-state index contributed by atoms with van der Waals surface area (Å²) in [6, 6.07) is 4.27. The van der Waals surface area contributed by atoms with Gasteiger partial charge < -0.3 is 9.64 Å². The molecule has 1 atom stereocenters. The van der Waals surface area contributed by atoms with Crippen molar-refractivity contribution in [3.8, 4) is 0 Å². The van der Waals surface area contributed by atoms with Gasteiger partial charge in [0, 0.05) is 26.2 Å². The average molecular weight is 443 g/mol. The van der Waals surface area contributed by atoms with Gasteiger partial charge in [-0.15, -0.1) is 0 Å². The summed E-state index contributed by atoms with van der Waals surface area (Å²) in [4.78, 5) is 26.8. The maximum Gasteiger partial charge on any atom is 0.310 e. The van der Waals surface area contributed by atoms with Crippen molar-refractivity contribution >= 4 is 33.5 Å². The Balaban J connectivity index is 1.82. The van der Waals surface area contributed by atoms with Crippen LogP contribution in [0.25, 0.3) is 0 Å². The highest BCUT2D eigenvalue weighted by Gasteiger charge is 2.32. The third kappa shape index (κ3) is 4.92. The van der Waals surface area contributed by atoms with Gasteiger partial charge in [0.05, 0.1) is 28.0 Å². The van der Waals surface area contributed by atoms with E-state index in [4.69, 9.17) is 16.3 Å². The van der Waals surface area contributed by atoms with Gasteiger partial charge in [0.15, 0.2) is 0 Å². The van der Waals surface area contributed by atoms with Gasteiger partial charge in [0.2, 0.25) is 10.0 Å². The highest BCUT2D eigenvalue weighted by molar-refractivity contribution is 7.89. The first kappa shape index (κ1) is 22.1. The number of ether oxygens (including phenoxy) is 1. The maximum absolute atomic E-state index is 13.1. The molecule has 0 aliphatic carbocycles. The highest BCUT2D eigenvalue weighted by Crippen LogP contribution is 2.27. The van der Waals surface area contributed by atoms with Crippen LogP contribution in [0.15, 0.2) is 23.1 Å². The third-order valence-corrected chi connectivity index (χ3v) is 7.67. The Labute approximate surface area is 177 Å². The molecule has 9 heteroatoms. The fourth-order valence-electron chi connectivity index (χ4n) is 3.87. The number of piperidine rings is 2. The zero-order valence-corrected chi connectivity index (χ0v) is 18.2. The van der Waals surface area contributed by atoms with Crippen LogP contribution in [0.3, 0.4) is 0 Å². The molecule has 2 fully saturated rings. The van der Waals surface area contributed by atoms with Crippen LogP contribution >= 0.6 is 11.6 Å². The molecule has 0 bridgehead atoms. The number of rotatable bonds is 5. The van der Waals surface area contributed by atoms with Crippen LogP contribution in [-0.4, -0.2) is 62.3 Å². The molecule has 2 saturated heterocycles. The van der Waals surface area contributed by atoms with Crippen LogP contribution in [0.4, 0.5) is 0 Å². The van der Waals surface area contributed by atoms with Crippen molar-refractivity contribution in [2.24, 2.45) is 5.92 Å². The number of carbonyl (C=O) groups is 2. The lowest BCUT2D eigenvalue weighted by atomic mass is 9.97. The molecule has 160 valence electrons. The average Bonchev–Trinajstić information content (AvgIpc) is 2.74. The first-order valence-corrected chi connectivity index (χ1v) is 11.9. The SMILES string of the molecule is CCOC(=O)[C@@H]1CCCN(C(=O)c2cc(S(=O)(=O)N3CCCCC3)ccc2Cl)C1. The second kappa shape index (κ2) is 9.45. The Morgan fingerprint density at radius 2 is 1.86 bits per heavy atom. The summed E-state index contributed by atoms with van der Waals surface area (Å²) in [7, 11) is -3.67. The minimum Gasteiger partial charge on any atom is -0.466 e. The molecule has 3 rings (SSSR count). The lowest BCUT2D eigenvalue weighted by Crippen LogP contribution is -2.43. The van der Waals surface area contributed by atoms with E-state index >= 15 is 0 Å². The Bertz CT molecular complexity index is 868. The molecule has 0 aromatic heterocycles. The molecule has 1 aromatic carbocycles. The van der Waals surface area contributed by atoms with E-state index in [0.29, 0.717) is 39.1 Å². The van der Waals surface area contributed by atoms with E-state index in [1.807, 2.05) is 0 Å². The minimum atomic E-state index is -3.67. The van der Waals surface area contributed by atoms with Crippen molar-refractivity contribution in [3.05, 3.63) is 28.8 Å². The van der Waals surface area contributed by atoms with Crippen LogP contribution in [-0.2, 0) is 19.6 Å². The predicted octanol–water partition coefficient (Wildman–Crippen LogP) is 2.93. The summed E-state index contributed by atoms with van der Waals surface area (Å²) >= 11 is 6.25. The Hall–Kier alpha value is -1.64. The number of hydrogen-bond donors (Lipinski definition) is 0. The molecule has 7 nitrogen and oxygen atoms in total. The number of hydrogen-bond acceptors (Lipinski definition) is 5. The molecule has 1 aromatic rings. The smallest absolute Gasteiger partial charge is 0.310 e. The van der Waals surface area contributed by atoms with Gasteiger partial charge >= 0.3 is 5.97 Å². The fourth-order valence-corrected chi connectivity index (χ4v) is 5.61. The molecular weight excluding hydrogens is 416 g/mol. The number of halogens is 1. The molecule has 29 heavy (non-hydrogen) atoms. The Morgan fingerprint density at radius 3 is 2.55 bits per heavy atom. The van der Waals surface area contributed by atoms with Crippen molar-refractivity contribution in [1.29, 1.82) is 0 Å². The van der Waals surface area contributed by atoms with Crippen molar-refractivity contribution in [1.82, 2.24) is 9.21 Å². The largest absolute Gasteiger partial charge is 0.466 e. The molecule has 1 amide bonds. The topological polar surface area (TPSA) is 84.0 Å². The first-order valence-electron chi connectivity index (χ1n) is 10.1.